The Bertz CT molecular complexity index is 1160. The molecule has 1 saturated heterocycles. The van der Waals surface area contributed by atoms with E-state index in [0.717, 1.165) is 16.8 Å². The molecule has 0 aromatic heterocycles. The Balaban J connectivity index is 1.09. The number of carbonyl (C=O) groups excluding carboxylic acids is 2. The molecular formula is C28H38N2O9S. The Labute approximate surface area is 235 Å². The summed E-state index contributed by atoms with van der Waals surface area (Å²) in [6, 6.07) is 14.1. The van der Waals surface area contributed by atoms with Crippen LogP contribution < -0.4 is 10.6 Å². The second-order valence-electron chi connectivity index (χ2n) is 9.09. The molecule has 1 fully saturated rings. The first kappa shape index (κ1) is 31.7. The molecule has 0 bridgehead atoms. The molecule has 1 unspecified atom stereocenters. The zero-order chi connectivity index (χ0) is 28.6. The minimum atomic E-state index is -3.78. The second-order valence-corrected chi connectivity index (χ2v) is 10.7. The smallest absolute Gasteiger partial charge is 0.297 e. The molecule has 0 radical (unpaired) electrons. The van der Waals surface area contributed by atoms with E-state index in [2.05, 4.69) is 10.6 Å². The van der Waals surface area contributed by atoms with Gasteiger partial charge in [-0.1, -0.05) is 29.8 Å². The number of benzene rings is 2. The molecule has 1 heterocycles. The molecule has 2 N–H and O–H groups in total. The van der Waals surface area contributed by atoms with Crippen molar-refractivity contribution in [3.63, 3.8) is 0 Å². The standard InChI is InChI=1S/C28H38N2O9S/c1-22-2-8-25(9-3-22)40(33,34)39-21-20-38-19-18-37-17-16-36-15-14-35-13-12-29-24-6-4-23(5-7-24)26-10-11-27(31)30-28(26)32/h2-9,26,29H,10-21H2,1H3,(H,30,31,32). The maximum atomic E-state index is 12.1. The Kier molecular flexibility index (Phi) is 13.5. The summed E-state index contributed by atoms with van der Waals surface area (Å²) in [5, 5.41) is 5.65. The van der Waals surface area contributed by atoms with E-state index in [1.54, 1.807) is 12.1 Å². The van der Waals surface area contributed by atoms with Gasteiger partial charge < -0.3 is 24.3 Å². The van der Waals surface area contributed by atoms with Crippen LogP contribution in [0.2, 0.25) is 0 Å². The van der Waals surface area contributed by atoms with Crippen LogP contribution in [0, 0.1) is 6.92 Å². The number of anilines is 1. The summed E-state index contributed by atoms with van der Waals surface area (Å²) in [5.41, 5.74) is 2.80. The average molecular weight is 579 g/mol. The number of aryl methyl sites for hydroxylation is 1. The third-order valence-corrected chi connectivity index (χ3v) is 7.35. The SMILES string of the molecule is Cc1ccc(S(=O)(=O)OCCOCCOCCOCCOCCNc2ccc(C3CCC(=O)NC3=O)cc2)cc1. The molecule has 11 nitrogen and oxygen atoms in total. The number of amides is 2. The van der Waals surface area contributed by atoms with Gasteiger partial charge in [-0.25, -0.2) is 0 Å². The normalized spacial score (nSPS) is 15.7. The third kappa shape index (κ3) is 11.3. The van der Waals surface area contributed by atoms with Crippen LogP contribution in [0.1, 0.15) is 29.9 Å². The fourth-order valence-electron chi connectivity index (χ4n) is 3.85. The first-order valence-corrected chi connectivity index (χ1v) is 14.7. The van der Waals surface area contributed by atoms with E-state index >= 15 is 0 Å². The maximum Gasteiger partial charge on any atom is 0.297 e. The van der Waals surface area contributed by atoms with Crippen LogP contribution in [0.15, 0.2) is 53.4 Å². The number of rotatable bonds is 19. The summed E-state index contributed by atoms with van der Waals surface area (Å²) in [6.07, 6.45) is 0.901. The predicted octanol–water partition coefficient (Wildman–Crippen LogP) is 2.40. The first-order valence-electron chi connectivity index (χ1n) is 13.3. The van der Waals surface area contributed by atoms with Gasteiger partial charge in [-0.15, -0.1) is 0 Å². The van der Waals surface area contributed by atoms with Gasteiger partial charge in [0.05, 0.1) is 70.3 Å². The fourth-order valence-corrected chi connectivity index (χ4v) is 4.74. The summed E-state index contributed by atoms with van der Waals surface area (Å²) >= 11 is 0. The minimum absolute atomic E-state index is 0.0638. The molecule has 12 heteroatoms. The molecule has 1 aliphatic heterocycles. The zero-order valence-electron chi connectivity index (χ0n) is 22.8. The van der Waals surface area contributed by atoms with E-state index < -0.39 is 10.1 Å². The monoisotopic (exact) mass is 578 g/mol. The molecule has 0 aliphatic carbocycles. The van der Waals surface area contributed by atoms with Crippen molar-refractivity contribution in [3.8, 4) is 0 Å². The summed E-state index contributed by atoms with van der Waals surface area (Å²) in [5.74, 6) is -0.729. The Morgan fingerprint density at radius 2 is 1.32 bits per heavy atom. The Morgan fingerprint density at radius 3 is 1.90 bits per heavy atom. The second kappa shape index (κ2) is 17.1. The van der Waals surface area contributed by atoms with Crippen LogP contribution in [0.25, 0.3) is 0 Å². The molecule has 2 amide bonds. The predicted molar refractivity (Wildman–Crippen MR) is 148 cm³/mol. The van der Waals surface area contributed by atoms with Crippen molar-refractivity contribution in [3.05, 3.63) is 59.7 Å². The van der Waals surface area contributed by atoms with E-state index in [-0.39, 0.29) is 35.8 Å². The van der Waals surface area contributed by atoms with Crippen molar-refractivity contribution in [2.45, 2.75) is 30.6 Å². The van der Waals surface area contributed by atoms with E-state index in [9.17, 15) is 18.0 Å². The fraction of sp³-hybridized carbons (Fsp3) is 0.500. The minimum Gasteiger partial charge on any atom is -0.383 e. The third-order valence-electron chi connectivity index (χ3n) is 6.02. The van der Waals surface area contributed by atoms with Crippen LogP contribution in [0.3, 0.4) is 0 Å². The van der Waals surface area contributed by atoms with Crippen LogP contribution in [0.5, 0.6) is 0 Å². The summed E-state index contributed by atoms with van der Waals surface area (Å²) < 4.78 is 50.9. The van der Waals surface area contributed by atoms with Gasteiger partial charge in [0.2, 0.25) is 11.8 Å². The number of nitrogens with one attached hydrogen (secondary N) is 2. The highest BCUT2D eigenvalue weighted by molar-refractivity contribution is 7.86. The summed E-state index contributed by atoms with van der Waals surface area (Å²) in [4.78, 5) is 23.4. The van der Waals surface area contributed by atoms with Crippen molar-refractivity contribution >= 4 is 27.6 Å². The van der Waals surface area contributed by atoms with Gasteiger partial charge in [0.15, 0.2) is 0 Å². The maximum absolute atomic E-state index is 12.1. The van der Waals surface area contributed by atoms with Crippen LogP contribution in [-0.4, -0.2) is 86.2 Å². The molecule has 2 aromatic carbocycles. The van der Waals surface area contributed by atoms with Crippen molar-refractivity contribution in [1.29, 1.82) is 0 Å². The van der Waals surface area contributed by atoms with Crippen molar-refractivity contribution in [2.75, 3.05) is 71.3 Å². The lowest BCUT2D eigenvalue weighted by Crippen LogP contribution is -2.39. The van der Waals surface area contributed by atoms with Gasteiger partial charge in [-0.05, 0) is 43.2 Å². The van der Waals surface area contributed by atoms with E-state index in [0.29, 0.717) is 65.6 Å². The lowest BCUT2D eigenvalue weighted by molar-refractivity contribution is -0.134. The number of hydrogen-bond acceptors (Lipinski definition) is 10. The van der Waals surface area contributed by atoms with Gasteiger partial charge in [0, 0.05) is 18.7 Å². The summed E-state index contributed by atoms with van der Waals surface area (Å²) in [7, 11) is -3.78. The van der Waals surface area contributed by atoms with E-state index in [1.807, 2.05) is 31.2 Å². The number of hydrogen-bond donors (Lipinski definition) is 2. The van der Waals surface area contributed by atoms with E-state index in [4.69, 9.17) is 23.1 Å². The largest absolute Gasteiger partial charge is 0.383 e. The van der Waals surface area contributed by atoms with Gasteiger partial charge >= 0.3 is 0 Å². The van der Waals surface area contributed by atoms with Crippen LogP contribution in [-0.2, 0) is 42.8 Å². The molecule has 40 heavy (non-hydrogen) atoms. The highest BCUT2D eigenvalue weighted by Crippen LogP contribution is 2.25. The topological polar surface area (TPSA) is 138 Å². The highest BCUT2D eigenvalue weighted by atomic mass is 32.2. The van der Waals surface area contributed by atoms with Gasteiger partial charge in [-0.2, -0.15) is 8.42 Å². The van der Waals surface area contributed by atoms with Crippen molar-refractivity contribution in [1.82, 2.24) is 5.32 Å². The number of piperidine rings is 1. The molecule has 0 saturated carbocycles. The lowest BCUT2D eigenvalue weighted by Gasteiger charge is -2.21. The molecule has 3 rings (SSSR count). The average Bonchev–Trinajstić information content (AvgIpc) is 2.93. The van der Waals surface area contributed by atoms with E-state index in [1.165, 1.54) is 12.1 Å². The van der Waals surface area contributed by atoms with Gasteiger partial charge in [0.1, 0.15) is 0 Å². The number of ether oxygens (including phenoxy) is 4. The van der Waals surface area contributed by atoms with Crippen molar-refractivity contribution < 1.29 is 41.1 Å². The Morgan fingerprint density at radius 1 is 0.775 bits per heavy atom. The quantitative estimate of drug-likeness (QED) is 0.145. The van der Waals surface area contributed by atoms with Crippen LogP contribution >= 0.6 is 0 Å². The van der Waals surface area contributed by atoms with Crippen LogP contribution in [0.4, 0.5) is 5.69 Å². The highest BCUT2D eigenvalue weighted by Gasteiger charge is 2.27. The molecule has 1 atom stereocenters. The molecular weight excluding hydrogens is 540 g/mol. The zero-order valence-corrected chi connectivity index (χ0v) is 23.6. The molecule has 0 spiro atoms. The van der Waals surface area contributed by atoms with Gasteiger partial charge in [-0.3, -0.25) is 19.1 Å². The number of carbonyl (C=O) groups is 2. The number of imide groups is 1. The summed E-state index contributed by atoms with van der Waals surface area (Å²) in [6.45, 7) is 5.55. The first-order chi connectivity index (χ1) is 19.3. The van der Waals surface area contributed by atoms with Crippen molar-refractivity contribution in [2.24, 2.45) is 0 Å². The Hall–Kier alpha value is -2.87. The lowest BCUT2D eigenvalue weighted by atomic mass is 9.90. The molecule has 2 aromatic rings. The van der Waals surface area contributed by atoms with Gasteiger partial charge in [0.25, 0.3) is 10.1 Å². The molecule has 1 aliphatic rings. The molecule has 220 valence electrons.